The van der Waals surface area contributed by atoms with Crippen molar-refractivity contribution in [1.29, 1.82) is 2.67 Å². The smallest absolute Gasteiger partial charge is 0.0810 e. The fourth-order valence-electron chi connectivity index (χ4n) is 7.81. The van der Waals surface area contributed by atoms with Gasteiger partial charge in [-0.1, -0.05) is 66.9 Å². The molecule has 2 aliphatic rings. The summed E-state index contributed by atoms with van der Waals surface area (Å²) in [6.07, 6.45) is 11.5. The summed E-state index contributed by atoms with van der Waals surface area (Å²) < 4.78 is 17.7. The Morgan fingerprint density at radius 3 is 1.17 bits per heavy atom. The van der Waals surface area contributed by atoms with E-state index in [1.54, 1.807) is 0 Å². The largest absolute Gasteiger partial charge is 0.140 e. The molecule has 3 rings (SSSR count). The molecule has 0 spiro atoms. The normalized spacial score (nSPS) is 23.3. The van der Waals surface area contributed by atoms with Gasteiger partial charge in [-0.25, -0.2) is 0 Å². The van der Waals surface area contributed by atoms with Crippen LogP contribution in [0.4, 0.5) is 0 Å². The van der Waals surface area contributed by atoms with Crippen LogP contribution in [0.2, 0.25) is 0 Å². The minimum atomic E-state index is -0.896. The van der Waals surface area contributed by atoms with Crippen molar-refractivity contribution in [2.45, 2.75) is 141 Å². The Bertz CT molecular complexity index is 733. The summed E-state index contributed by atoms with van der Waals surface area (Å²) in [5.41, 5.74) is 7.77. The Kier molecular flexibility index (Phi) is 5.41. The molecule has 0 heterocycles. The summed E-state index contributed by atoms with van der Waals surface area (Å²) in [6.45, 7) is 18.9. The number of rotatable bonds is 9. The third kappa shape index (κ3) is 2.78. The van der Waals surface area contributed by atoms with Crippen LogP contribution in [-0.4, -0.2) is 10.4 Å². The molecule has 29 heavy (non-hydrogen) atoms. The number of hydrogen-bond acceptors (Lipinski definition) is 0. The minimum Gasteiger partial charge on any atom is -0.0810 e. The molecular weight excluding hydrogens is 347 g/mol. The average Bonchev–Trinajstić information content (AvgIpc) is 3.26. The van der Waals surface area contributed by atoms with Crippen molar-refractivity contribution in [3.8, 4) is 0 Å². The van der Waals surface area contributed by atoms with Gasteiger partial charge in [0.05, 0.1) is 0 Å². The number of hydrogen-bond donors (Lipinski definition) is 0. The SMILES string of the molecule is [2H]B([2H])c1c2c(cc3c1C(CC)(CC)CC3(CC)CC)C(CC)(CC)CC2(CC)CC. The predicted molar refractivity (Wildman–Crippen MR) is 133 cm³/mol. The molecule has 0 N–H and O–H groups in total. The molecule has 162 valence electrons. The fraction of sp³-hybridized carbons (Fsp3) is 0.786. The third-order valence-electron chi connectivity index (χ3n) is 10.3. The van der Waals surface area contributed by atoms with Crippen LogP contribution < -0.4 is 5.46 Å². The van der Waals surface area contributed by atoms with E-state index in [1.807, 2.05) is 0 Å². The van der Waals surface area contributed by atoms with E-state index in [2.05, 4.69) is 61.5 Å². The van der Waals surface area contributed by atoms with Crippen molar-refractivity contribution in [2.75, 3.05) is 0 Å². The van der Waals surface area contributed by atoms with Gasteiger partial charge in [0.2, 0.25) is 0 Å². The molecule has 0 atom stereocenters. The molecule has 0 bridgehead atoms. The molecule has 0 aliphatic heterocycles. The molecule has 1 aromatic rings. The molecule has 0 nitrogen and oxygen atoms in total. The van der Waals surface area contributed by atoms with Gasteiger partial charge in [-0.15, -0.1) is 0 Å². The van der Waals surface area contributed by atoms with Crippen molar-refractivity contribution < 1.29 is 0 Å². The van der Waals surface area contributed by atoms with Gasteiger partial charge >= 0.3 is 0 Å². The van der Waals surface area contributed by atoms with Crippen LogP contribution in [0, 0.1) is 0 Å². The van der Waals surface area contributed by atoms with Gasteiger partial charge in [-0.2, -0.15) is 0 Å². The highest BCUT2D eigenvalue weighted by atomic mass is 14.6. The van der Waals surface area contributed by atoms with E-state index in [0.29, 0.717) is 0 Å². The second-order valence-electron chi connectivity index (χ2n) is 10.4. The summed E-state index contributed by atoms with van der Waals surface area (Å²) in [5, 5.41) is 0. The molecule has 0 saturated heterocycles. The van der Waals surface area contributed by atoms with Gasteiger partial charge in [-0.05, 0) is 111 Å². The lowest BCUT2D eigenvalue weighted by Gasteiger charge is -2.35. The Morgan fingerprint density at radius 2 is 0.931 bits per heavy atom. The highest BCUT2D eigenvalue weighted by Gasteiger charge is 2.55. The third-order valence-corrected chi connectivity index (χ3v) is 10.3. The number of benzene rings is 1. The highest BCUT2D eigenvalue weighted by Crippen LogP contribution is 2.61. The second-order valence-corrected chi connectivity index (χ2v) is 10.4. The Labute approximate surface area is 185 Å². The first kappa shape index (κ1) is 20.2. The topological polar surface area (TPSA) is 0 Å². The van der Waals surface area contributed by atoms with Crippen LogP contribution in [-0.2, 0) is 21.7 Å². The minimum absolute atomic E-state index is 0.128. The quantitative estimate of drug-likeness (QED) is 0.395. The monoisotopic (exact) mass is 396 g/mol. The van der Waals surface area contributed by atoms with Crippen molar-refractivity contribution in [1.82, 2.24) is 0 Å². The number of fused-ring (bicyclic) bond motifs is 2. The van der Waals surface area contributed by atoms with Crippen molar-refractivity contribution in [3.63, 3.8) is 0 Å². The van der Waals surface area contributed by atoms with Crippen LogP contribution >= 0.6 is 0 Å². The Hall–Kier alpha value is -0.715. The molecule has 0 aromatic heterocycles. The van der Waals surface area contributed by atoms with E-state index in [-0.39, 0.29) is 21.7 Å². The van der Waals surface area contributed by atoms with E-state index in [0.717, 1.165) is 56.8 Å². The molecule has 0 radical (unpaired) electrons. The van der Waals surface area contributed by atoms with E-state index < -0.39 is 7.77 Å². The van der Waals surface area contributed by atoms with Gasteiger partial charge in [0, 0.05) is 0 Å². The van der Waals surface area contributed by atoms with Gasteiger partial charge < -0.3 is 0 Å². The summed E-state index contributed by atoms with van der Waals surface area (Å²) in [4.78, 5) is 0. The van der Waals surface area contributed by atoms with E-state index in [9.17, 15) is 0 Å². The summed E-state index contributed by atoms with van der Waals surface area (Å²) in [6, 6.07) is 2.65. The van der Waals surface area contributed by atoms with E-state index in [4.69, 9.17) is 2.67 Å². The van der Waals surface area contributed by atoms with Gasteiger partial charge in [0.25, 0.3) is 0 Å². The van der Waals surface area contributed by atoms with Crippen LogP contribution in [0.25, 0.3) is 0 Å². The standard InChI is InChI=1S/C28H47B/c1-9-25(10-2)18-27(13-5,14-6)22-20(25)17-21-23(24(22)29)28(15-7,16-8)19-26(21,11-3)12-4/h17H,9-16,18-19,29H2,1-8H3/i29D2. The molecule has 1 heteroatoms. The summed E-state index contributed by atoms with van der Waals surface area (Å²) >= 11 is 0. The first-order valence-corrected chi connectivity index (χ1v) is 12.8. The Balaban J connectivity index is 2.56. The van der Waals surface area contributed by atoms with Gasteiger partial charge in [0.15, 0.2) is 0 Å². The molecular formula is C28H47B. The zero-order valence-corrected chi connectivity index (χ0v) is 20.7. The van der Waals surface area contributed by atoms with Crippen molar-refractivity contribution in [2.24, 2.45) is 0 Å². The van der Waals surface area contributed by atoms with E-state index >= 15 is 0 Å². The maximum Gasteiger partial charge on any atom is 0.140 e. The summed E-state index contributed by atoms with van der Waals surface area (Å²) in [7, 11) is -0.896. The van der Waals surface area contributed by atoms with Gasteiger partial charge in [-0.3, -0.25) is 0 Å². The van der Waals surface area contributed by atoms with Gasteiger partial charge in [0.1, 0.15) is 7.77 Å². The maximum atomic E-state index is 8.86. The molecule has 1 aromatic carbocycles. The molecule has 0 saturated carbocycles. The lowest BCUT2D eigenvalue weighted by Crippen LogP contribution is -2.35. The first-order valence-electron chi connectivity index (χ1n) is 13.9. The molecule has 0 fully saturated rings. The van der Waals surface area contributed by atoms with Crippen LogP contribution in [0.15, 0.2) is 6.07 Å². The summed E-state index contributed by atoms with van der Waals surface area (Å²) in [5.74, 6) is 0. The van der Waals surface area contributed by atoms with Crippen LogP contribution in [0.1, 0.15) is 142 Å². The van der Waals surface area contributed by atoms with E-state index in [1.165, 1.54) is 35.1 Å². The second kappa shape index (κ2) is 7.76. The lowest BCUT2D eigenvalue weighted by molar-refractivity contribution is 0.279. The van der Waals surface area contributed by atoms with Crippen molar-refractivity contribution in [3.05, 3.63) is 28.3 Å². The Morgan fingerprint density at radius 1 is 0.621 bits per heavy atom. The van der Waals surface area contributed by atoms with Crippen molar-refractivity contribution >= 4 is 13.2 Å². The zero-order valence-electron chi connectivity index (χ0n) is 22.7. The molecule has 2 aliphatic carbocycles. The van der Waals surface area contributed by atoms with Crippen LogP contribution in [0.3, 0.4) is 0 Å². The molecule has 0 amide bonds. The molecule has 0 unspecified atom stereocenters. The average molecular weight is 397 g/mol. The predicted octanol–water partition coefficient (Wildman–Crippen LogP) is 6.98. The van der Waals surface area contributed by atoms with Crippen LogP contribution in [0.5, 0.6) is 0 Å². The highest BCUT2D eigenvalue weighted by molar-refractivity contribution is 6.35. The first-order chi connectivity index (χ1) is 14.7. The fourth-order valence-corrected chi connectivity index (χ4v) is 7.81. The maximum absolute atomic E-state index is 8.86. The lowest BCUT2D eigenvalue weighted by atomic mass is 9.65. The zero-order chi connectivity index (χ0) is 23.2.